The monoisotopic (exact) mass is 281 g/mol. The second-order valence-electron chi connectivity index (χ2n) is 4.29. The number of amides is 1. The molecule has 0 bridgehead atoms. The highest BCUT2D eigenvalue weighted by molar-refractivity contribution is 5.92. The van der Waals surface area contributed by atoms with E-state index < -0.39 is 4.92 Å². The number of ether oxygens (including phenoxy) is 1. The molecule has 0 saturated carbocycles. The largest absolute Gasteiger partial charge is 0.494 e. The molecule has 0 aromatic heterocycles. The van der Waals surface area contributed by atoms with Gasteiger partial charge < -0.3 is 15.8 Å². The zero-order valence-electron chi connectivity index (χ0n) is 11.4. The molecule has 0 aliphatic heterocycles. The van der Waals surface area contributed by atoms with Gasteiger partial charge in [0.2, 0.25) is 5.91 Å². The fraction of sp³-hybridized carbons (Fsp3) is 0.462. The molecule has 7 heteroatoms. The van der Waals surface area contributed by atoms with E-state index >= 15 is 0 Å². The van der Waals surface area contributed by atoms with Crippen molar-refractivity contribution in [2.24, 2.45) is 5.73 Å². The number of nitrogens with one attached hydrogen (secondary N) is 1. The van der Waals surface area contributed by atoms with Gasteiger partial charge in [0.05, 0.1) is 23.8 Å². The van der Waals surface area contributed by atoms with Crippen LogP contribution in [0.5, 0.6) is 5.75 Å². The van der Waals surface area contributed by atoms with Gasteiger partial charge in [-0.05, 0) is 25.5 Å². The molecule has 3 N–H and O–H groups in total. The van der Waals surface area contributed by atoms with E-state index in [2.05, 4.69) is 5.32 Å². The number of hydrogen-bond donors (Lipinski definition) is 2. The SMILES string of the molecule is COc1cc([N+](=O)[O-])ccc1NC(=O)CCCCCN. The molecule has 0 fully saturated rings. The van der Waals surface area contributed by atoms with E-state index in [-0.39, 0.29) is 17.3 Å². The molecule has 1 aromatic rings. The Bertz CT molecular complexity index is 477. The summed E-state index contributed by atoms with van der Waals surface area (Å²) in [4.78, 5) is 21.9. The Kier molecular flexibility index (Phi) is 6.45. The first kappa shape index (κ1) is 15.9. The molecule has 110 valence electrons. The molecule has 1 amide bonds. The van der Waals surface area contributed by atoms with Gasteiger partial charge in [0, 0.05) is 12.5 Å². The van der Waals surface area contributed by atoms with Crippen molar-refractivity contribution in [2.75, 3.05) is 19.0 Å². The minimum Gasteiger partial charge on any atom is -0.494 e. The van der Waals surface area contributed by atoms with Gasteiger partial charge in [0.15, 0.2) is 0 Å². The molecular formula is C13H19N3O4. The van der Waals surface area contributed by atoms with E-state index in [0.717, 1.165) is 19.3 Å². The molecule has 0 spiro atoms. The first-order valence-electron chi connectivity index (χ1n) is 6.41. The summed E-state index contributed by atoms with van der Waals surface area (Å²) in [6.45, 7) is 0.623. The summed E-state index contributed by atoms with van der Waals surface area (Å²) in [5.41, 5.74) is 5.72. The smallest absolute Gasteiger partial charge is 0.273 e. The Hall–Kier alpha value is -2.15. The maximum Gasteiger partial charge on any atom is 0.273 e. The van der Waals surface area contributed by atoms with Crippen LogP contribution in [0.1, 0.15) is 25.7 Å². The number of hydrogen-bond acceptors (Lipinski definition) is 5. The van der Waals surface area contributed by atoms with Crippen LogP contribution in [0.4, 0.5) is 11.4 Å². The lowest BCUT2D eigenvalue weighted by molar-refractivity contribution is -0.384. The van der Waals surface area contributed by atoms with E-state index in [1.165, 1.54) is 25.3 Å². The lowest BCUT2D eigenvalue weighted by Crippen LogP contribution is -2.12. The summed E-state index contributed by atoms with van der Waals surface area (Å²) in [5, 5.41) is 13.3. The predicted molar refractivity (Wildman–Crippen MR) is 75.8 cm³/mol. The number of methoxy groups -OCH3 is 1. The molecule has 0 unspecified atom stereocenters. The van der Waals surface area contributed by atoms with E-state index in [9.17, 15) is 14.9 Å². The third-order valence-corrected chi connectivity index (χ3v) is 2.78. The van der Waals surface area contributed by atoms with Crippen molar-refractivity contribution in [1.82, 2.24) is 0 Å². The van der Waals surface area contributed by atoms with Gasteiger partial charge in [0.1, 0.15) is 5.75 Å². The van der Waals surface area contributed by atoms with Crippen molar-refractivity contribution in [2.45, 2.75) is 25.7 Å². The Labute approximate surface area is 117 Å². The number of nitro benzene ring substituents is 1. The highest BCUT2D eigenvalue weighted by Crippen LogP contribution is 2.29. The quantitative estimate of drug-likeness (QED) is 0.431. The van der Waals surface area contributed by atoms with Crippen LogP contribution < -0.4 is 15.8 Å². The van der Waals surface area contributed by atoms with Crippen molar-refractivity contribution < 1.29 is 14.5 Å². The van der Waals surface area contributed by atoms with Gasteiger partial charge in [-0.3, -0.25) is 14.9 Å². The van der Waals surface area contributed by atoms with E-state index in [4.69, 9.17) is 10.5 Å². The predicted octanol–water partition coefficient (Wildman–Crippen LogP) is 2.06. The van der Waals surface area contributed by atoms with E-state index in [1.54, 1.807) is 0 Å². The summed E-state index contributed by atoms with van der Waals surface area (Å²) >= 11 is 0. The van der Waals surface area contributed by atoms with Crippen molar-refractivity contribution in [3.05, 3.63) is 28.3 Å². The highest BCUT2D eigenvalue weighted by atomic mass is 16.6. The van der Waals surface area contributed by atoms with Crippen molar-refractivity contribution in [1.29, 1.82) is 0 Å². The van der Waals surface area contributed by atoms with Gasteiger partial charge in [-0.15, -0.1) is 0 Å². The zero-order valence-corrected chi connectivity index (χ0v) is 11.4. The van der Waals surface area contributed by atoms with E-state index in [0.29, 0.717) is 18.7 Å². The molecule has 0 radical (unpaired) electrons. The Morgan fingerprint density at radius 1 is 1.40 bits per heavy atom. The average Bonchev–Trinajstić information content (AvgIpc) is 2.43. The van der Waals surface area contributed by atoms with Crippen molar-refractivity contribution in [3.63, 3.8) is 0 Å². The molecule has 0 heterocycles. The van der Waals surface area contributed by atoms with Crippen molar-refractivity contribution in [3.8, 4) is 5.75 Å². The number of anilines is 1. The molecule has 0 aliphatic carbocycles. The standard InChI is InChI=1S/C13H19N3O4/c1-20-12-9-10(16(18)19)6-7-11(12)15-13(17)5-3-2-4-8-14/h6-7,9H,2-5,8,14H2,1H3,(H,15,17). The molecule has 7 nitrogen and oxygen atoms in total. The van der Waals surface area contributed by atoms with Crippen LogP contribution in [0.2, 0.25) is 0 Å². The Morgan fingerprint density at radius 3 is 2.75 bits per heavy atom. The molecule has 0 atom stereocenters. The normalized spacial score (nSPS) is 10.1. The first-order chi connectivity index (χ1) is 9.58. The number of non-ortho nitro benzene ring substituents is 1. The minimum atomic E-state index is -0.513. The third-order valence-electron chi connectivity index (χ3n) is 2.78. The minimum absolute atomic E-state index is 0.0807. The summed E-state index contributed by atoms with van der Waals surface area (Å²) in [7, 11) is 1.40. The Morgan fingerprint density at radius 2 is 2.15 bits per heavy atom. The number of nitrogens with zero attached hydrogens (tertiary/aromatic N) is 1. The summed E-state index contributed by atoms with van der Waals surface area (Å²) < 4.78 is 5.04. The van der Waals surface area contributed by atoms with Crippen LogP contribution in [0.15, 0.2) is 18.2 Å². The second kappa shape index (κ2) is 8.11. The number of nitro groups is 1. The summed E-state index contributed by atoms with van der Waals surface area (Å²) in [5.74, 6) is 0.128. The van der Waals surface area contributed by atoms with Gasteiger partial charge in [-0.2, -0.15) is 0 Å². The number of carbonyl (C=O) groups is 1. The van der Waals surface area contributed by atoms with Gasteiger partial charge in [0.25, 0.3) is 5.69 Å². The molecule has 0 aliphatic rings. The Balaban J connectivity index is 2.62. The maximum atomic E-state index is 11.7. The number of unbranched alkanes of at least 4 members (excludes halogenated alkanes) is 2. The second-order valence-corrected chi connectivity index (χ2v) is 4.29. The summed E-state index contributed by atoms with van der Waals surface area (Å²) in [6.07, 6.45) is 2.95. The van der Waals surface area contributed by atoms with Gasteiger partial charge in [-0.1, -0.05) is 6.42 Å². The zero-order chi connectivity index (χ0) is 15.0. The first-order valence-corrected chi connectivity index (χ1v) is 6.41. The highest BCUT2D eigenvalue weighted by Gasteiger charge is 2.13. The van der Waals surface area contributed by atoms with Gasteiger partial charge in [-0.25, -0.2) is 0 Å². The van der Waals surface area contributed by atoms with Crippen LogP contribution in [-0.4, -0.2) is 24.5 Å². The van der Waals surface area contributed by atoms with E-state index in [1.807, 2.05) is 0 Å². The topological polar surface area (TPSA) is 107 Å². The van der Waals surface area contributed by atoms with Crippen LogP contribution in [-0.2, 0) is 4.79 Å². The average molecular weight is 281 g/mol. The molecule has 20 heavy (non-hydrogen) atoms. The molecule has 1 rings (SSSR count). The fourth-order valence-electron chi connectivity index (χ4n) is 1.72. The number of nitrogens with two attached hydrogens (primary N) is 1. The lowest BCUT2D eigenvalue weighted by Gasteiger charge is -2.09. The molecule has 0 saturated heterocycles. The molecule has 1 aromatic carbocycles. The van der Waals surface area contributed by atoms with Crippen LogP contribution in [0.3, 0.4) is 0 Å². The maximum absolute atomic E-state index is 11.7. The number of benzene rings is 1. The summed E-state index contributed by atoms with van der Waals surface area (Å²) in [6, 6.07) is 4.07. The van der Waals surface area contributed by atoms with Crippen LogP contribution in [0.25, 0.3) is 0 Å². The molecular weight excluding hydrogens is 262 g/mol. The number of rotatable bonds is 8. The third kappa shape index (κ3) is 4.85. The van der Waals surface area contributed by atoms with Crippen LogP contribution in [0, 0.1) is 10.1 Å². The lowest BCUT2D eigenvalue weighted by atomic mass is 10.2. The fourth-order valence-corrected chi connectivity index (χ4v) is 1.72. The van der Waals surface area contributed by atoms with Crippen LogP contribution >= 0.6 is 0 Å². The van der Waals surface area contributed by atoms with Crippen molar-refractivity contribution >= 4 is 17.3 Å². The van der Waals surface area contributed by atoms with Gasteiger partial charge >= 0.3 is 0 Å². The number of carbonyl (C=O) groups excluding carboxylic acids is 1.